The molecule has 0 atom stereocenters. The standard InChI is InChI=1S/C19H22N2O5S/c1-14(2)19(23)26-13-18(22)20-15-8-7-11-17(12-15)27(24,25)21(3)16-9-5-4-6-10-16/h4-12,14H,13H2,1-3H3,(H,20,22). The molecule has 27 heavy (non-hydrogen) atoms. The highest BCUT2D eigenvalue weighted by atomic mass is 32.2. The number of anilines is 2. The Labute approximate surface area is 159 Å². The van der Waals surface area contributed by atoms with Gasteiger partial charge in [0.2, 0.25) is 0 Å². The number of rotatable bonds is 7. The van der Waals surface area contributed by atoms with Gasteiger partial charge in [0.05, 0.1) is 16.5 Å². The van der Waals surface area contributed by atoms with Crippen LogP contribution in [0.25, 0.3) is 0 Å². The number of carbonyl (C=O) groups is 2. The van der Waals surface area contributed by atoms with Gasteiger partial charge in [0.15, 0.2) is 6.61 Å². The lowest BCUT2D eigenvalue weighted by Crippen LogP contribution is -2.27. The van der Waals surface area contributed by atoms with Crippen LogP contribution in [-0.2, 0) is 24.3 Å². The minimum Gasteiger partial charge on any atom is -0.455 e. The van der Waals surface area contributed by atoms with Crippen molar-refractivity contribution in [1.29, 1.82) is 0 Å². The molecular weight excluding hydrogens is 368 g/mol. The average molecular weight is 390 g/mol. The number of hydrogen-bond acceptors (Lipinski definition) is 5. The molecule has 0 fully saturated rings. The summed E-state index contributed by atoms with van der Waals surface area (Å²) in [5.74, 6) is -1.36. The Hall–Kier alpha value is -2.87. The quantitative estimate of drug-likeness (QED) is 0.734. The topological polar surface area (TPSA) is 92.8 Å². The molecule has 1 amide bonds. The number of ether oxygens (including phenoxy) is 1. The normalized spacial score (nSPS) is 11.1. The van der Waals surface area contributed by atoms with Crippen molar-refractivity contribution in [2.24, 2.45) is 5.92 Å². The van der Waals surface area contributed by atoms with Crippen LogP contribution in [-0.4, -0.2) is 33.9 Å². The van der Waals surface area contributed by atoms with Crippen molar-refractivity contribution in [3.8, 4) is 0 Å². The van der Waals surface area contributed by atoms with Gasteiger partial charge in [-0.2, -0.15) is 0 Å². The molecule has 0 heterocycles. The summed E-state index contributed by atoms with van der Waals surface area (Å²) in [4.78, 5) is 23.3. The van der Waals surface area contributed by atoms with Crippen molar-refractivity contribution in [2.75, 3.05) is 23.3 Å². The van der Waals surface area contributed by atoms with E-state index >= 15 is 0 Å². The van der Waals surface area contributed by atoms with E-state index in [2.05, 4.69) is 5.32 Å². The highest BCUT2D eigenvalue weighted by Crippen LogP contribution is 2.23. The van der Waals surface area contributed by atoms with Gasteiger partial charge in [0.25, 0.3) is 15.9 Å². The SMILES string of the molecule is CC(C)C(=O)OCC(=O)Nc1cccc(S(=O)(=O)N(C)c2ccccc2)c1. The number of nitrogens with one attached hydrogen (secondary N) is 1. The Morgan fingerprint density at radius 2 is 1.74 bits per heavy atom. The van der Waals surface area contributed by atoms with Crippen LogP contribution < -0.4 is 9.62 Å². The Morgan fingerprint density at radius 1 is 1.07 bits per heavy atom. The van der Waals surface area contributed by atoms with Crippen LogP contribution in [0.4, 0.5) is 11.4 Å². The van der Waals surface area contributed by atoms with E-state index < -0.39 is 28.5 Å². The van der Waals surface area contributed by atoms with E-state index in [9.17, 15) is 18.0 Å². The summed E-state index contributed by atoms with van der Waals surface area (Å²) in [7, 11) is -2.33. The molecule has 0 unspecified atom stereocenters. The largest absolute Gasteiger partial charge is 0.455 e. The van der Waals surface area contributed by atoms with Crippen LogP contribution in [0.2, 0.25) is 0 Å². The summed E-state index contributed by atoms with van der Waals surface area (Å²) in [6, 6.07) is 14.6. The van der Waals surface area contributed by atoms with E-state index in [1.165, 1.54) is 29.6 Å². The van der Waals surface area contributed by atoms with E-state index in [4.69, 9.17) is 4.74 Å². The lowest BCUT2D eigenvalue weighted by atomic mass is 10.2. The molecule has 7 nitrogen and oxygen atoms in total. The molecule has 0 aliphatic carbocycles. The molecule has 144 valence electrons. The van der Waals surface area contributed by atoms with Crippen molar-refractivity contribution in [2.45, 2.75) is 18.7 Å². The second kappa shape index (κ2) is 8.68. The molecule has 0 saturated carbocycles. The molecule has 1 N–H and O–H groups in total. The molecule has 0 bridgehead atoms. The molecule has 2 aromatic rings. The molecule has 8 heteroatoms. The van der Waals surface area contributed by atoms with Crippen LogP contribution >= 0.6 is 0 Å². The van der Waals surface area contributed by atoms with Crippen LogP contribution in [0.1, 0.15) is 13.8 Å². The first-order valence-electron chi connectivity index (χ1n) is 8.32. The fourth-order valence-electron chi connectivity index (χ4n) is 2.17. The Balaban J connectivity index is 2.12. The molecule has 0 spiro atoms. The molecule has 0 saturated heterocycles. The van der Waals surface area contributed by atoms with E-state index in [1.807, 2.05) is 0 Å². The highest BCUT2D eigenvalue weighted by molar-refractivity contribution is 7.92. The molecule has 2 aromatic carbocycles. The summed E-state index contributed by atoms with van der Waals surface area (Å²) in [5, 5.41) is 2.53. The second-order valence-corrected chi connectivity index (χ2v) is 8.12. The third kappa shape index (κ3) is 5.30. The average Bonchev–Trinajstić information content (AvgIpc) is 2.66. The van der Waals surface area contributed by atoms with E-state index in [0.717, 1.165) is 0 Å². The van der Waals surface area contributed by atoms with Gasteiger partial charge < -0.3 is 10.1 Å². The van der Waals surface area contributed by atoms with Gasteiger partial charge in [0, 0.05) is 12.7 Å². The van der Waals surface area contributed by atoms with Crippen molar-refractivity contribution >= 4 is 33.3 Å². The van der Waals surface area contributed by atoms with E-state index in [0.29, 0.717) is 11.4 Å². The zero-order valence-electron chi connectivity index (χ0n) is 15.4. The maximum absolute atomic E-state index is 12.8. The van der Waals surface area contributed by atoms with Gasteiger partial charge in [-0.15, -0.1) is 0 Å². The van der Waals surface area contributed by atoms with E-state index in [-0.39, 0.29) is 10.8 Å². The third-order valence-corrected chi connectivity index (χ3v) is 5.49. The monoisotopic (exact) mass is 390 g/mol. The number of carbonyl (C=O) groups excluding carboxylic acids is 2. The van der Waals surface area contributed by atoms with Crippen LogP contribution in [0.3, 0.4) is 0 Å². The zero-order valence-corrected chi connectivity index (χ0v) is 16.2. The number of hydrogen-bond donors (Lipinski definition) is 1. The molecular formula is C19H22N2O5S. The Bertz CT molecular complexity index is 911. The summed E-state index contributed by atoms with van der Waals surface area (Å²) >= 11 is 0. The molecule has 2 rings (SSSR count). The number of sulfonamides is 1. The maximum Gasteiger partial charge on any atom is 0.308 e. The molecule has 0 radical (unpaired) electrons. The van der Waals surface area contributed by atoms with Gasteiger partial charge in [-0.3, -0.25) is 13.9 Å². The lowest BCUT2D eigenvalue weighted by Gasteiger charge is -2.19. The molecule has 0 aromatic heterocycles. The van der Waals surface area contributed by atoms with Gasteiger partial charge >= 0.3 is 5.97 Å². The van der Waals surface area contributed by atoms with Crippen molar-refractivity contribution < 1.29 is 22.7 Å². The maximum atomic E-state index is 12.8. The molecule has 0 aliphatic rings. The first-order valence-corrected chi connectivity index (χ1v) is 9.76. The van der Waals surface area contributed by atoms with Gasteiger partial charge in [0.1, 0.15) is 0 Å². The number of esters is 1. The Morgan fingerprint density at radius 3 is 2.37 bits per heavy atom. The van der Waals surface area contributed by atoms with Gasteiger partial charge in [-0.05, 0) is 30.3 Å². The van der Waals surface area contributed by atoms with Crippen molar-refractivity contribution in [1.82, 2.24) is 0 Å². The van der Waals surface area contributed by atoms with Crippen LogP contribution in [0, 0.1) is 5.92 Å². The zero-order chi connectivity index (χ0) is 20.0. The third-order valence-electron chi connectivity index (χ3n) is 3.71. The summed E-state index contributed by atoms with van der Waals surface area (Å²) in [6.45, 7) is 2.90. The molecule has 0 aliphatic heterocycles. The van der Waals surface area contributed by atoms with Gasteiger partial charge in [-0.1, -0.05) is 38.1 Å². The minimum atomic E-state index is -3.79. The second-order valence-electron chi connectivity index (χ2n) is 6.15. The Kier molecular flexibility index (Phi) is 6.57. The number of nitrogens with zero attached hydrogens (tertiary/aromatic N) is 1. The van der Waals surface area contributed by atoms with Crippen LogP contribution in [0.5, 0.6) is 0 Å². The smallest absolute Gasteiger partial charge is 0.308 e. The highest BCUT2D eigenvalue weighted by Gasteiger charge is 2.21. The van der Waals surface area contributed by atoms with Gasteiger partial charge in [-0.25, -0.2) is 8.42 Å². The fourth-order valence-corrected chi connectivity index (χ4v) is 3.41. The lowest BCUT2D eigenvalue weighted by molar-refractivity contribution is -0.150. The first-order chi connectivity index (χ1) is 12.7. The van der Waals surface area contributed by atoms with Crippen LogP contribution in [0.15, 0.2) is 59.5 Å². The predicted molar refractivity (Wildman–Crippen MR) is 103 cm³/mol. The van der Waals surface area contributed by atoms with Crippen molar-refractivity contribution in [3.05, 3.63) is 54.6 Å². The minimum absolute atomic E-state index is 0.0332. The summed E-state index contributed by atoms with van der Waals surface area (Å²) in [6.07, 6.45) is 0. The fraction of sp³-hybridized carbons (Fsp3) is 0.263. The van der Waals surface area contributed by atoms with Crippen molar-refractivity contribution in [3.63, 3.8) is 0 Å². The first kappa shape index (κ1) is 20.4. The van der Waals surface area contributed by atoms with E-state index in [1.54, 1.807) is 50.2 Å². The summed E-state index contributed by atoms with van der Waals surface area (Å²) < 4.78 is 31.6. The summed E-state index contributed by atoms with van der Waals surface area (Å²) in [5.41, 5.74) is 0.815. The number of benzene rings is 2. The number of amides is 1. The number of para-hydroxylation sites is 1. The predicted octanol–water partition coefficient (Wildman–Crippen LogP) is 2.65.